The standard InChI is InChI=1S/C13H10O8S/c14-8(6-4-2-1-3-5-6)7-9(15)10(16)11(17)12(18)13(7)22(19,20)21/h1-5,15-18H,(H,19,20,21). The quantitative estimate of drug-likeness (QED) is 0.242. The molecule has 2 aromatic rings. The fourth-order valence-electron chi connectivity index (χ4n) is 1.87. The fraction of sp³-hybridized carbons (Fsp3) is 0. The molecule has 22 heavy (non-hydrogen) atoms. The zero-order valence-corrected chi connectivity index (χ0v) is 11.6. The number of benzene rings is 2. The predicted octanol–water partition coefficient (Wildman–Crippen LogP) is 0.987. The van der Waals surface area contributed by atoms with Crippen LogP contribution in [0, 0.1) is 0 Å². The van der Waals surface area contributed by atoms with E-state index in [0.29, 0.717) is 0 Å². The van der Waals surface area contributed by atoms with Crippen molar-refractivity contribution in [3.63, 3.8) is 0 Å². The van der Waals surface area contributed by atoms with E-state index in [4.69, 9.17) is 4.55 Å². The van der Waals surface area contributed by atoms with E-state index in [1.54, 1.807) is 6.07 Å². The van der Waals surface area contributed by atoms with Crippen LogP contribution in [-0.4, -0.2) is 39.2 Å². The summed E-state index contributed by atoms with van der Waals surface area (Å²) < 4.78 is 31.9. The van der Waals surface area contributed by atoms with Gasteiger partial charge in [0.05, 0.1) is 5.56 Å². The van der Waals surface area contributed by atoms with Crippen molar-refractivity contribution in [1.82, 2.24) is 0 Å². The molecule has 0 radical (unpaired) electrons. The van der Waals surface area contributed by atoms with Gasteiger partial charge in [-0.05, 0) is 0 Å². The summed E-state index contributed by atoms with van der Waals surface area (Å²) in [5.41, 5.74) is -1.13. The lowest BCUT2D eigenvalue weighted by Gasteiger charge is -2.13. The van der Waals surface area contributed by atoms with Gasteiger partial charge in [0.1, 0.15) is 0 Å². The summed E-state index contributed by atoms with van der Waals surface area (Å²) in [5, 5.41) is 38.2. The second-order valence-electron chi connectivity index (χ2n) is 4.27. The Bertz CT molecular complexity index is 856. The van der Waals surface area contributed by atoms with Gasteiger partial charge in [-0.3, -0.25) is 9.35 Å². The van der Waals surface area contributed by atoms with Gasteiger partial charge in [0.15, 0.2) is 22.2 Å². The maximum Gasteiger partial charge on any atom is 0.299 e. The SMILES string of the molecule is O=C(c1ccccc1)c1c(O)c(O)c(O)c(O)c1S(=O)(=O)O. The first kappa shape index (κ1) is 15.6. The van der Waals surface area contributed by atoms with Gasteiger partial charge >= 0.3 is 0 Å². The van der Waals surface area contributed by atoms with Gasteiger partial charge in [-0.2, -0.15) is 8.42 Å². The van der Waals surface area contributed by atoms with Gasteiger partial charge in [-0.15, -0.1) is 0 Å². The molecule has 0 aliphatic rings. The third kappa shape index (κ3) is 2.43. The molecular formula is C13H10O8S. The number of phenolic OH excluding ortho intramolecular Hbond substituents is 4. The number of rotatable bonds is 3. The molecule has 0 atom stereocenters. The summed E-state index contributed by atoms with van der Waals surface area (Å²) in [6.45, 7) is 0. The van der Waals surface area contributed by atoms with Crippen LogP contribution in [0.3, 0.4) is 0 Å². The molecule has 8 nitrogen and oxygen atoms in total. The minimum absolute atomic E-state index is 0.0767. The molecule has 0 fully saturated rings. The van der Waals surface area contributed by atoms with Crippen LogP contribution in [-0.2, 0) is 10.1 Å². The van der Waals surface area contributed by atoms with E-state index < -0.39 is 49.4 Å². The maximum absolute atomic E-state index is 12.3. The molecule has 0 bridgehead atoms. The number of phenols is 4. The van der Waals surface area contributed by atoms with E-state index in [-0.39, 0.29) is 5.56 Å². The second-order valence-corrected chi connectivity index (χ2v) is 5.63. The summed E-state index contributed by atoms with van der Waals surface area (Å²) in [4.78, 5) is 10.9. The van der Waals surface area contributed by atoms with Crippen LogP contribution in [0.5, 0.6) is 23.0 Å². The molecule has 9 heteroatoms. The zero-order valence-electron chi connectivity index (χ0n) is 10.8. The van der Waals surface area contributed by atoms with Crippen LogP contribution < -0.4 is 0 Å². The van der Waals surface area contributed by atoms with E-state index in [9.17, 15) is 33.6 Å². The Kier molecular flexibility index (Phi) is 3.69. The summed E-state index contributed by atoms with van der Waals surface area (Å²) >= 11 is 0. The summed E-state index contributed by atoms with van der Waals surface area (Å²) in [5.74, 6) is -6.48. The molecule has 0 saturated heterocycles. The van der Waals surface area contributed by atoms with Crippen LogP contribution in [0.1, 0.15) is 15.9 Å². The fourth-order valence-corrected chi connectivity index (χ4v) is 2.66. The van der Waals surface area contributed by atoms with Gasteiger partial charge in [0.25, 0.3) is 10.1 Å². The van der Waals surface area contributed by atoms with Crippen molar-refractivity contribution in [2.24, 2.45) is 0 Å². The third-order valence-electron chi connectivity index (χ3n) is 2.87. The Morgan fingerprint density at radius 3 is 1.82 bits per heavy atom. The highest BCUT2D eigenvalue weighted by Gasteiger charge is 2.34. The van der Waals surface area contributed by atoms with E-state index in [1.165, 1.54) is 24.3 Å². The molecule has 2 rings (SSSR count). The molecule has 0 aromatic heterocycles. The molecule has 0 heterocycles. The van der Waals surface area contributed by atoms with E-state index in [2.05, 4.69) is 0 Å². The highest BCUT2D eigenvalue weighted by atomic mass is 32.2. The minimum atomic E-state index is -5.18. The van der Waals surface area contributed by atoms with Crippen LogP contribution in [0.2, 0.25) is 0 Å². The Balaban J connectivity index is 2.89. The number of ketones is 1. The first-order chi connectivity index (χ1) is 10.2. The van der Waals surface area contributed by atoms with E-state index in [1.807, 2.05) is 0 Å². The minimum Gasteiger partial charge on any atom is -0.504 e. The second kappa shape index (κ2) is 5.20. The Hall–Kier alpha value is -2.78. The number of hydrogen-bond donors (Lipinski definition) is 5. The number of carbonyl (C=O) groups is 1. The average molecular weight is 326 g/mol. The predicted molar refractivity (Wildman–Crippen MR) is 72.8 cm³/mol. The van der Waals surface area contributed by atoms with Gasteiger partial charge in [-0.25, -0.2) is 0 Å². The van der Waals surface area contributed by atoms with E-state index >= 15 is 0 Å². The lowest BCUT2D eigenvalue weighted by molar-refractivity contribution is 0.103. The summed E-state index contributed by atoms with van der Waals surface area (Å²) in [6.07, 6.45) is 0. The van der Waals surface area contributed by atoms with Crippen LogP contribution >= 0.6 is 0 Å². The van der Waals surface area contributed by atoms with Crippen molar-refractivity contribution in [3.05, 3.63) is 41.5 Å². The van der Waals surface area contributed by atoms with Gasteiger partial charge in [0.2, 0.25) is 11.5 Å². The Labute approximate surface area is 124 Å². The van der Waals surface area contributed by atoms with Gasteiger partial charge in [0, 0.05) is 5.56 Å². The molecule has 0 saturated carbocycles. The molecule has 0 amide bonds. The number of hydrogen-bond acceptors (Lipinski definition) is 7. The molecule has 2 aromatic carbocycles. The van der Waals surface area contributed by atoms with Crippen molar-refractivity contribution in [1.29, 1.82) is 0 Å². The van der Waals surface area contributed by atoms with Crippen molar-refractivity contribution in [2.75, 3.05) is 0 Å². The van der Waals surface area contributed by atoms with Crippen molar-refractivity contribution in [3.8, 4) is 23.0 Å². The average Bonchev–Trinajstić information content (AvgIpc) is 2.47. The molecule has 0 spiro atoms. The lowest BCUT2D eigenvalue weighted by Crippen LogP contribution is -2.11. The topological polar surface area (TPSA) is 152 Å². The zero-order chi connectivity index (χ0) is 16.7. The van der Waals surface area contributed by atoms with Gasteiger partial charge < -0.3 is 20.4 Å². The highest BCUT2D eigenvalue weighted by Crippen LogP contribution is 2.49. The normalized spacial score (nSPS) is 11.3. The molecule has 0 aliphatic heterocycles. The summed E-state index contributed by atoms with van der Waals surface area (Å²) in [6, 6.07) is 7.06. The smallest absolute Gasteiger partial charge is 0.299 e. The summed E-state index contributed by atoms with van der Waals surface area (Å²) in [7, 11) is -5.18. The molecule has 116 valence electrons. The van der Waals surface area contributed by atoms with Crippen molar-refractivity contribution < 1.29 is 38.2 Å². The first-order valence-corrected chi connectivity index (χ1v) is 7.17. The van der Waals surface area contributed by atoms with Crippen molar-refractivity contribution >= 4 is 15.9 Å². The van der Waals surface area contributed by atoms with Crippen LogP contribution in [0.4, 0.5) is 0 Å². The maximum atomic E-state index is 12.3. The largest absolute Gasteiger partial charge is 0.504 e. The number of aromatic hydroxyl groups is 4. The van der Waals surface area contributed by atoms with Gasteiger partial charge in [-0.1, -0.05) is 30.3 Å². The third-order valence-corrected chi connectivity index (χ3v) is 3.79. The Morgan fingerprint density at radius 1 is 0.818 bits per heavy atom. The van der Waals surface area contributed by atoms with E-state index in [0.717, 1.165) is 0 Å². The van der Waals surface area contributed by atoms with Crippen LogP contribution in [0.15, 0.2) is 35.2 Å². The Morgan fingerprint density at radius 2 is 1.32 bits per heavy atom. The first-order valence-electron chi connectivity index (χ1n) is 5.73. The molecule has 5 N–H and O–H groups in total. The molecule has 0 unspecified atom stereocenters. The highest BCUT2D eigenvalue weighted by molar-refractivity contribution is 7.86. The number of carbonyl (C=O) groups excluding carboxylic acids is 1. The van der Waals surface area contributed by atoms with Crippen LogP contribution in [0.25, 0.3) is 0 Å². The lowest BCUT2D eigenvalue weighted by atomic mass is 10.0. The van der Waals surface area contributed by atoms with Crippen molar-refractivity contribution in [2.45, 2.75) is 4.90 Å². The monoisotopic (exact) mass is 326 g/mol. The molecular weight excluding hydrogens is 316 g/mol. The molecule has 0 aliphatic carbocycles.